The molecule has 2 aromatic rings. The van der Waals surface area contributed by atoms with Gasteiger partial charge in [0.25, 0.3) is 0 Å². The summed E-state index contributed by atoms with van der Waals surface area (Å²) in [6.45, 7) is -0.0732. The molecule has 20 heavy (non-hydrogen) atoms. The van der Waals surface area contributed by atoms with E-state index in [4.69, 9.17) is 30.7 Å². The topological polar surface area (TPSA) is 81.8 Å². The highest BCUT2D eigenvalue weighted by molar-refractivity contribution is 6.30. The number of benzene rings is 1. The fourth-order valence-corrected chi connectivity index (χ4v) is 1.79. The minimum Gasteiger partial charge on any atom is -0.478 e. The van der Waals surface area contributed by atoms with E-state index in [0.717, 1.165) is 0 Å². The van der Waals surface area contributed by atoms with Gasteiger partial charge in [-0.1, -0.05) is 16.8 Å². The summed E-state index contributed by atoms with van der Waals surface area (Å²) in [5, 5.41) is 13.4. The Labute approximate surface area is 119 Å². The van der Waals surface area contributed by atoms with Gasteiger partial charge in [0.05, 0.1) is 6.61 Å². The SMILES string of the molecule is COC[C@H](Oc1ccc(Cl)cc1-c1ccon1)C(=O)O. The molecular formula is C13H12ClNO5. The van der Waals surface area contributed by atoms with E-state index in [9.17, 15) is 4.79 Å². The second kappa shape index (κ2) is 6.40. The third-order valence-corrected chi connectivity index (χ3v) is 2.75. The lowest BCUT2D eigenvalue weighted by Crippen LogP contribution is -2.31. The Hall–Kier alpha value is -2.05. The van der Waals surface area contributed by atoms with Crippen LogP contribution in [0.4, 0.5) is 0 Å². The maximum absolute atomic E-state index is 11.1. The van der Waals surface area contributed by atoms with E-state index in [1.54, 1.807) is 24.3 Å². The third-order valence-electron chi connectivity index (χ3n) is 2.52. The summed E-state index contributed by atoms with van der Waals surface area (Å²) in [6, 6.07) is 6.44. The smallest absolute Gasteiger partial charge is 0.347 e. The fraction of sp³-hybridized carbons (Fsp3) is 0.231. The molecule has 1 aromatic heterocycles. The van der Waals surface area contributed by atoms with E-state index < -0.39 is 12.1 Å². The number of halogens is 1. The Balaban J connectivity index is 2.34. The molecule has 0 spiro atoms. The molecule has 0 saturated heterocycles. The minimum atomic E-state index is -1.12. The molecule has 1 N–H and O–H groups in total. The first-order valence-electron chi connectivity index (χ1n) is 5.70. The summed E-state index contributed by atoms with van der Waals surface area (Å²) >= 11 is 5.94. The predicted molar refractivity (Wildman–Crippen MR) is 70.9 cm³/mol. The lowest BCUT2D eigenvalue weighted by molar-refractivity contribution is -0.147. The predicted octanol–water partition coefficient (Wildman–Crippen LogP) is 2.47. The molecule has 2 rings (SSSR count). The molecule has 0 aliphatic heterocycles. The van der Waals surface area contributed by atoms with Gasteiger partial charge in [0.1, 0.15) is 17.7 Å². The van der Waals surface area contributed by atoms with Crippen molar-refractivity contribution in [1.29, 1.82) is 0 Å². The number of methoxy groups -OCH3 is 1. The molecule has 0 aliphatic carbocycles. The Morgan fingerprint density at radius 2 is 2.30 bits per heavy atom. The van der Waals surface area contributed by atoms with E-state index in [2.05, 4.69) is 5.16 Å². The van der Waals surface area contributed by atoms with E-state index >= 15 is 0 Å². The maximum Gasteiger partial charge on any atom is 0.347 e. The van der Waals surface area contributed by atoms with Gasteiger partial charge in [-0.2, -0.15) is 0 Å². The van der Waals surface area contributed by atoms with Gasteiger partial charge in [-0.05, 0) is 18.2 Å². The highest BCUT2D eigenvalue weighted by Crippen LogP contribution is 2.32. The lowest BCUT2D eigenvalue weighted by Gasteiger charge is -2.16. The third kappa shape index (κ3) is 3.28. The van der Waals surface area contributed by atoms with E-state index in [1.807, 2.05) is 0 Å². The fourth-order valence-electron chi connectivity index (χ4n) is 1.62. The lowest BCUT2D eigenvalue weighted by atomic mass is 10.1. The van der Waals surface area contributed by atoms with Gasteiger partial charge in [-0.3, -0.25) is 0 Å². The zero-order valence-electron chi connectivity index (χ0n) is 10.6. The summed E-state index contributed by atoms with van der Waals surface area (Å²) < 4.78 is 15.1. The number of carbonyl (C=O) groups is 1. The second-order valence-electron chi connectivity index (χ2n) is 3.93. The van der Waals surface area contributed by atoms with E-state index in [1.165, 1.54) is 13.4 Å². The molecule has 0 unspecified atom stereocenters. The average molecular weight is 298 g/mol. The van der Waals surface area contributed by atoms with Crippen LogP contribution in [-0.2, 0) is 9.53 Å². The number of aromatic nitrogens is 1. The van der Waals surface area contributed by atoms with Crippen LogP contribution in [0, 0.1) is 0 Å². The van der Waals surface area contributed by atoms with Crippen molar-refractivity contribution in [1.82, 2.24) is 5.16 Å². The number of hydrogen-bond acceptors (Lipinski definition) is 5. The quantitative estimate of drug-likeness (QED) is 0.882. The van der Waals surface area contributed by atoms with Crippen LogP contribution in [0.3, 0.4) is 0 Å². The molecule has 6 nitrogen and oxygen atoms in total. The van der Waals surface area contributed by atoms with Crippen molar-refractivity contribution in [3.8, 4) is 17.0 Å². The first-order chi connectivity index (χ1) is 9.61. The number of rotatable bonds is 6. The normalized spacial score (nSPS) is 12.1. The molecule has 0 bridgehead atoms. The summed E-state index contributed by atoms with van der Waals surface area (Å²) in [6.07, 6.45) is 0.288. The summed E-state index contributed by atoms with van der Waals surface area (Å²) in [4.78, 5) is 11.1. The number of carboxylic acids is 1. The molecule has 1 aromatic carbocycles. The first kappa shape index (κ1) is 14.4. The zero-order chi connectivity index (χ0) is 14.5. The van der Waals surface area contributed by atoms with E-state index in [0.29, 0.717) is 22.0 Å². The molecule has 0 amide bonds. The molecule has 106 valence electrons. The monoisotopic (exact) mass is 297 g/mol. The highest BCUT2D eigenvalue weighted by atomic mass is 35.5. The first-order valence-corrected chi connectivity index (χ1v) is 6.08. The van der Waals surface area contributed by atoms with Crippen molar-refractivity contribution in [2.45, 2.75) is 6.10 Å². The highest BCUT2D eigenvalue weighted by Gasteiger charge is 2.21. The molecule has 0 fully saturated rings. The number of nitrogens with zero attached hydrogens (tertiary/aromatic N) is 1. The van der Waals surface area contributed by atoms with Crippen LogP contribution in [0.25, 0.3) is 11.3 Å². The van der Waals surface area contributed by atoms with Crippen LogP contribution in [0.15, 0.2) is 35.1 Å². The van der Waals surface area contributed by atoms with Gasteiger partial charge < -0.3 is 19.1 Å². The molecule has 0 aliphatic rings. The van der Waals surface area contributed by atoms with Crippen molar-refractivity contribution in [3.05, 3.63) is 35.6 Å². The van der Waals surface area contributed by atoms with E-state index in [-0.39, 0.29) is 6.61 Å². The van der Waals surface area contributed by atoms with Crippen molar-refractivity contribution in [3.63, 3.8) is 0 Å². The summed E-state index contributed by atoms with van der Waals surface area (Å²) in [5.41, 5.74) is 1.05. The van der Waals surface area contributed by atoms with Gasteiger partial charge in [0, 0.05) is 23.8 Å². The van der Waals surface area contributed by atoms with Crippen molar-refractivity contribution < 1.29 is 23.9 Å². The van der Waals surface area contributed by atoms with Gasteiger partial charge in [0.15, 0.2) is 0 Å². The second-order valence-corrected chi connectivity index (χ2v) is 4.36. The number of ether oxygens (including phenoxy) is 2. The molecule has 1 atom stereocenters. The molecule has 0 radical (unpaired) electrons. The Bertz CT molecular complexity index is 584. The zero-order valence-corrected chi connectivity index (χ0v) is 11.3. The van der Waals surface area contributed by atoms with Gasteiger partial charge in [-0.25, -0.2) is 4.79 Å². The van der Waals surface area contributed by atoms with Gasteiger partial charge >= 0.3 is 5.97 Å². The maximum atomic E-state index is 11.1. The molecule has 0 saturated carbocycles. The Morgan fingerprint density at radius 3 is 2.90 bits per heavy atom. The Kier molecular flexibility index (Phi) is 4.60. The average Bonchev–Trinajstić information content (AvgIpc) is 2.93. The van der Waals surface area contributed by atoms with Crippen LogP contribution in [-0.4, -0.2) is 36.1 Å². The van der Waals surface area contributed by atoms with Crippen LogP contribution < -0.4 is 4.74 Å². The number of aliphatic carboxylic acids is 1. The van der Waals surface area contributed by atoms with Crippen LogP contribution >= 0.6 is 11.6 Å². The van der Waals surface area contributed by atoms with Gasteiger partial charge in [0.2, 0.25) is 6.10 Å². The van der Waals surface area contributed by atoms with Gasteiger partial charge in [-0.15, -0.1) is 0 Å². The van der Waals surface area contributed by atoms with Crippen LogP contribution in [0.2, 0.25) is 5.02 Å². The molecule has 7 heteroatoms. The summed E-state index contributed by atoms with van der Waals surface area (Å²) in [5.74, 6) is -0.777. The largest absolute Gasteiger partial charge is 0.478 e. The Morgan fingerprint density at radius 1 is 1.50 bits per heavy atom. The number of carboxylic acid groups (broad SMARTS) is 1. The van der Waals surface area contributed by atoms with Crippen molar-refractivity contribution in [2.24, 2.45) is 0 Å². The summed E-state index contributed by atoms with van der Waals surface area (Å²) in [7, 11) is 1.40. The standard InChI is InChI=1S/C13H12ClNO5/c1-18-7-12(13(16)17)20-11-3-2-8(14)6-9(11)10-4-5-19-15-10/h2-6,12H,7H2,1H3,(H,16,17)/t12-/m0/s1. The van der Waals surface area contributed by atoms with Crippen molar-refractivity contribution in [2.75, 3.05) is 13.7 Å². The van der Waals surface area contributed by atoms with Crippen LogP contribution in [0.1, 0.15) is 0 Å². The minimum absolute atomic E-state index is 0.0732. The molecule has 1 heterocycles. The van der Waals surface area contributed by atoms with Crippen molar-refractivity contribution >= 4 is 17.6 Å². The molecular weight excluding hydrogens is 286 g/mol. The van der Waals surface area contributed by atoms with Crippen LogP contribution in [0.5, 0.6) is 5.75 Å². The number of hydrogen-bond donors (Lipinski definition) is 1.